The quantitative estimate of drug-likeness (QED) is 0.629. The van der Waals surface area contributed by atoms with E-state index < -0.39 is 0 Å². The summed E-state index contributed by atoms with van der Waals surface area (Å²) in [5.41, 5.74) is 0.433. The van der Waals surface area contributed by atoms with Crippen molar-refractivity contribution >= 4 is 40.7 Å². The lowest BCUT2D eigenvalue weighted by molar-refractivity contribution is 0.0993. The number of nitrogens with zero attached hydrogens (tertiary/aromatic N) is 2. The highest BCUT2D eigenvalue weighted by atomic mass is 35.5. The summed E-state index contributed by atoms with van der Waals surface area (Å²) >= 11 is 13.0. The number of aromatic nitrogens is 2. The number of benzene rings is 1. The zero-order chi connectivity index (χ0) is 14.0. The molecule has 1 atom stereocenters. The van der Waals surface area contributed by atoms with Crippen LogP contribution in [0.15, 0.2) is 27.8 Å². The average Bonchev–Trinajstić information content (AvgIpc) is 2.74. The summed E-state index contributed by atoms with van der Waals surface area (Å²) in [6.45, 7) is 3.46. The highest BCUT2D eigenvalue weighted by molar-refractivity contribution is 8.00. The van der Waals surface area contributed by atoms with Crippen molar-refractivity contribution in [3.63, 3.8) is 0 Å². The zero-order valence-corrected chi connectivity index (χ0v) is 12.5. The molecule has 0 amide bonds. The molecular formula is C12H10Cl2N2O2S. The van der Waals surface area contributed by atoms with Crippen LogP contribution in [0.3, 0.4) is 0 Å². The maximum atomic E-state index is 12.2. The summed E-state index contributed by atoms with van der Waals surface area (Å²) in [5.74, 6) is 0.356. The Bertz CT molecular complexity index is 616. The van der Waals surface area contributed by atoms with Gasteiger partial charge in [-0.2, -0.15) is 0 Å². The first-order valence-corrected chi connectivity index (χ1v) is 7.07. The molecule has 1 aromatic heterocycles. The highest BCUT2D eigenvalue weighted by Crippen LogP contribution is 2.28. The highest BCUT2D eigenvalue weighted by Gasteiger charge is 2.21. The number of thioether (sulfide) groups is 1. The van der Waals surface area contributed by atoms with Gasteiger partial charge in [-0.1, -0.05) is 35.0 Å². The van der Waals surface area contributed by atoms with Gasteiger partial charge in [0.05, 0.1) is 10.3 Å². The Hall–Kier alpha value is -1.04. The van der Waals surface area contributed by atoms with E-state index in [1.165, 1.54) is 11.8 Å². The van der Waals surface area contributed by atoms with E-state index in [9.17, 15) is 4.79 Å². The lowest BCUT2D eigenvalue weighted by atomic mass is 10.1. The maximum absolute atomic E-state index is 12.2. The lowest BCUT2D eigenvalue weighted by Crippen LogP contribution is -2.14. The van der Waals surface area contributed by atoms with Crippen LogP contribution in [0.25, 0.3) is 0 Å². The fraction of sp³-hybridized carbons (Fsp3) is 0.250. The third kappa shape index (κ3) is 3.49. The summed E-state index contributed by atoms with van der Waals surface area (Å²) in [4.78, 5) is 12.2. The molecule has 0 radical (unpaired) electrons. The molecule has 100 valence electrons. The molecule has 0 bridgehead atoms. The molecule has 4 nitrogen and oxygen atoms in total. The van der Waals surface area contributed by atoms with Crippen molar-refractivity contribution in [2.45, 2.75) is 24.3 Å². The zero-order valence-electron chi connectivity index (χ0n) is 10.2. The molecule has 0 aliphatic carbocycles. The van der Waals surface area contributed by atoms with Gasteiger partial charge >= 0.3 is 0 Å². The summed E-state index contributed by atoms with van der Waals surface area (Å²) < 4.78 is 5.22. The van der Waals surface area contributed by atoms with Gasteiger partial charge in [0, 0.05) is 17.5 Å². The van der Waals surface area contributed by atoms with Crippen molar-refractivity contribution < 1.29 is 9.21 Å². The van der Waals surface area contributed by atoms with Crippen molar-refractivity contribution in [1.82, 2.24) is 10.2 Å². The van der Waals surface area contributed by atoms with E-state index >= 15 is 0 Å². The van der Waals surface area contributed by atoms with Crippen LogP contribution in [0.1, 0.15) is 23.2 Å². The van der Waals surface area contributed by atoms with E-state index in [2.05, 4.69) is 10.2 Å². The van der Waals surface area contributed by atoms with E-state index in [1.54, 1.807) is 32.0 Å². The average molecular weight is 317 g/mol. The number of halogens is 2. The summed E-state index contributed by atoms with van der Waals surface area (Å²) in [6.07, 6.45) is 0. The molecule has 0 aliphatic rings. The minimum atomic E-state index is -0.376. The van der Waals surface area contributed by atoms with E-state index in [-0.39, 0.29) is 11.0 Å². The Balaban J connectivity index is 2.14. The first-order valence-electron chi connectivity index (χ1n) is 5.43. The number of hydrogen-bond donors (Lipinski definition) is 0. The Labute approximate surface area is 124 Å². The second-order valence-electron chi connectivity index (χ2n) is 3.84. The smallest absolute Gasteiger partial charge is 0.277 e. The molecule has 1 unspecified atom stereocenters. The molecule has 0 aliphatic heterocycles. The van der Waals surface area contributed by atoms with Crippen LogP contribution >= 0.6 is 35.0 Å². The van der Waals surface area contributed by atoms with Gasteiger partial charge in [0.15, 0.2) is 5.78 Å². The van der Waals surface area contributed by atoms with E-state index in [4.69, 9.17) is 27.6 Å². The largest absolute Gasteiger partial charge is 0.416 e. The number of hydrogen-bond acceptors (Lipinski definition) is 5. The van der Waals surface area contributed by atoms with Crippen LogP contribution in [-0.4, -0.2) is 21.2 Å². The number of carbonyl (C=O) groups excluding carboxylic acids is 1. The van der Waals surface area contributed by atoms with Crippen LogP contribution in [0.2, 0.25) is 10.0 Å². The first kappa shape index (κ1) is 14.4. The van der Waals surface area contributed by atoms with Crippen molar-refractivity contribution in [1.29, 1.82) is 0 Å². The number of aryl methyl sites for hydroxylation is 1. The number of rotatable bonds is 4. The van der Waals surface area contributed by atoms with Crippen molar-refractivity contribution in [3.05, 3.63) is 39.7 Å². The Morgan fingerprint density at radius 1 is 1.37 bits per heavy atom. The fourth-order valence-corrected chi connectivity index (χ4v) is 2.73. The van der Waals surface area contributed by atoms with Gasteiger partial charge in [0.1, 0.15) is 0 Å². The van der Waals surface area contributed by atoms with Crippen LogP contribution in [0, 0.1) is 6.92 Å². The van der Waals surface area contributed by atoms with Crippen LogP contribution in [-0.2, 0) is 0 Å². The van der Waals surface area contributed by atoms with Gasteiger partial charge in [-0.05, 0) is 25.1 Å². The van der Waals surface area contributed by atoms with Gasteiger partial charge in [-0.15, -0.1) is 10.2 Å². The summed E-state index contributed by atoms with van der Waals surface area (Å²) in [7, 11) is 0. The number of ketones is 1. The molecule has 7 heteroatoms. The van der Waals surface area contributed by atoms with Crippen LogP contribution < -0.4 is 0 Å². The van der Waals surface area contributed by atoms with Gasteiger partial charge in [-0.3, -0.25) is 4.79 Å². The second-order valence-corrected chi connectivity index (χ2v) is 5.97. The number of Topliss-reactive ketones (excluding diaryl/α,β-unsaturated/α-hetero) is 1. The Morgan fingerprint density at radius 3 is 2.68 bits per heavy atom. The monoisotopic (exact) mass is 316 g/mol. The molecule has 19 heavy (non-hydrogen) atoms. The van der Waals surface area contributed by atoms with Crippen LogP contribution in [0.4, 0.5) is 0 Å². The van der Waals surface area contributed by atoms with Crippen LogP contribution in [0.5, 0.6) is 0 Å². The minimum absolute atomic E-state index is 0.109. The van der Waals surface area contributed by atoms with Crippen molar-refractivity contribution in [2.75, 3.05) is 0 Å². The fourth-order valence-electron chi connectivity index (χ4n) is 1.44. The molecule has 2 rings (SSSR count). The molecule has 0 N–H and O–H groups in total. The third-order valence-corrected chi connectivity index (χ3v) is 3.83. The summed E-state index contributed by atoms with van der Waals surface area (Å²) in [6, 6.07) is 4.79. The molecule has 1 aromatic carbocycles. The van der Waals surface area contributed by atoms with E-state index in [0.29, 0.717) is 26.7 Å². The maximum Gasteiger partial charge on any atom is 0.277 e. The van der Waals surface area contributed by atoms with Gasteiger partial charge < -0.3 is 4.42 Å². The SMILES string of the molecule is Cc1nnc(SC(C)C(=O)c2ccc(Cl)cc2Cl)o1. The molecule has 0 fully saturated rings. The van der Waals surface area contributed by atoms with Crippen molar-refractivity contribution in [3.8, 4) is 0 Å². The molecule has 0 saturated heterocycles. The third-order valence-electron chi connectivity index (χ3n) is 2.35. The lowest BCUT2D eigenvalue weighted by Gasteiger charge is -2.09. The second kappa shape index (κ2) is 5.94. The Morgan fingerprint density at radius 2 is 2.11 bits per heavy atom. The van der Waals surface area contributed by atoms with Gasteiger partial charge in [0.2, 0.25) is 5.89 Å². The molecular weight excluding hydrogens is 307 g/mol. The molecule has 0 spiro atoms. The minimum Gasteiger partial charge on any atom is -0.416 e. The molecule has 2 aromatic rings. The molecule has 1 heterocycles. The van der Waals surface area contributed by atoms with E-state index in [1.807, 2.05) is 0 Å². The standard InChI is InChI=1S/C12H10Cl2N2O2S/c1-6(19-12-16-15-7(2)18-12)11(17)9-4-3-8(13)5-10(9)14/h3-6H,1-2H3. The number of carbonyl (C=O) groups is 1. The van der Waals surface area contributed by atoms with E-state index in [0.717, 1.165) is 0 Å². The van der Waals surface area contributed by atoms with Gasteiger partial charge in [-0.25, -0.2) is 0 Å². The first-order chi connectivity index (χ1) is 8.97. The predicted molar refractivity (Wildman–Crippen MR) is 75.1 cm³/mol. The molecule has 0 saturated carbocycles. The van der Waals surface area contributed by atoms with Crippen molar-refractivity contribution in [2.24, 2.45) is 0 Å². The van der Waals surface area contributed by atoms with Gasteiger partial charge in [0.25, 0.3) is 5.22 Å². The summed E-state index contributed by atoms with van der Waals surface area (Å²) in [5, 5.41) is 8.37. The predicted octanol–water partition coefficient (Wildman–Crippen LogP) is 4.05. The Kier molecular flexibility index (Phi) is 4.50. The topological polar surface area (TPSA) is 56.0 Å². The normalized spacial score (nSPS) is 12.4.